The maximum Gasteiger partial charge on any atom is 0.266 e. The summed E-state index contributed by atoms with van der Waals surface area (Å²) in [5.41, 5.74) is -0.152. The van der Waals surface area contributed by atoms with Crippen LogP contribution in [0.1, 0.15) is 6.42 Å². The van der Waals surface area contributed by atoms with Crippen molar-refractivity contribution < 1.29 is 9.18 Å². The molecule has 0 atom stereocenters. The van der Waals surface area contributed by atoms with E-state index in [1.165, 1.54) is 34.6 Å². The van der Waals surface area contributed by atoms with Gasteiger partial charge in [0.05, 0.1) is 5.75 Å². The Morgan fingerprint density at radius 3 is 2.77 bits per heavy atom. The molecule has 0 aliphatic carbocycles. The van der Waals surface area contributed by atoms with Gasteiger partial charge in [0, 0.05) is 30.2 Å². The molecule has 7 heteroatoms. The molecule has 0 fully saturated rings. The summed E-state index contributed by atoms with van der Waals surface area (Å²) in [6.07, 6.45) is 2.18. The number of hydrogen-bond donors (Lipinski definition) is 1. The molecule has 0 spiro atoms. The molecule has 1 amide bonds. The number of thioether (sulfide) groups is 1. The Balaban J connectivity index is 1.65. The Bertz CT molecular complexity index is 673. The lowest BCUT2D eigenvalue weighted by Gasteiger charge is -2.06. The third-order valence-corrected chi connectivity index (χ3v) is 3.85. The highest BCUT2D eigenvalue weighted by Gasteiger charge is 2.03. The number of nitrogens with one attached hydrogen (secondary N) is 1. The predicted molar refractivity (Wildman–Crippen MR) is 83.2 cm³/mol. The molecule has 0 unspecified atom stereocenters. The molecule has 1 aromatic heterocycles. The van der Waals surface area contributed by atoms with Crippen molar-refractivity contribution in [2.24, 2.45) is 0 Å². The molecule has 0 saturated heterocycles. The summed E-state index contributed by atoms with van der Waals surface area (Å²) in [5, 5.41) is 6.71. The number of aryl methyl sites for hydroxylation is 1. The average Bonchev–Trinajstić information content (AvgIpc) is 2.52. The molecular weight excluding hydrogens is 305 g/mol. The number of nitrogens with zero attached hydrogens (tertiary/aromatic N) is 2. The van der Waals surface area contributed by atoms with Crippen LogP contribution in [0.25, 0.3) is 0 Å². The number of benzene rings is 1. The fourth-order valence-electron chi connectivity index (χ4n) is 1.74. The highest BCUT2D eigenvalue weighted by Crippen LogP contribution is 2.17. The van der Waals surface area contributed by atoms with Gasteiger partial charge in [-0.15, -0.1) is 11.8 Å². The van der Waals surface area contributed by atoms with Gasteiger partial charge in [0.15, 0.2) is 0 Å². The van der Waals surface area contributed by atoms with E-state index in [1.54, 1.807) is 24.4 Å². The van der Waals surface area contributed by atoms with E-state index in [0.717, 1.165) is 4.90 Å². The number of amides is 1. The number of halogens is 1. The molecule has 0 aliphatic heterocycles. The van der Waals surface area contributed by atoms with Crippen molar-refractivity contribution in [3.8, 4) is 0 Å². The second kappa shape index (κ2) is 8.33. The van der Waals surface area contributed by atoms with Gasteiger partial charge in [0.2, 0.25) is 5.91 Å². The van der Waals surface area contributed by atoms with Crippen molar-refractivity contribution in [1.82, 2.24) is 15.1 Å². The molecule has 1 heterocycles. The predicted octanol–water partition coefficient (Wildman–Crippen LogP) is 1.68. The third kappa shape index (κ3) is 5.33. The summed E-state index contributed by atoms with van der Waals surface area (Å²) >= 11 is 1.35. The van der Waals surface area contributed by atoms with Crippen LogP contribution >= 0.6 is 11.8 Å². The molecular formula is C15H16FN3O2S. The zero-order valence-corrected chi connectivity index (χ0v) is 12.7. The van der Waals surface area contributed by atoms with Gasteiger partial charge in [-0.05, 0) is 36.8 Å². The lowest BCUT2D eigenvalue weighted by molar-refractivity contribution is -0.118. The fourth-order valence-corrected chi connectivity index (χ4v) is 2.47. The van der Waals surface area contributed by atoms with Crippen LogP contribution in [0.5, 0.6) is 0 Å². The molecule has 5 nitrogen and oxygen atoms in total. The molecule has 22 heavy (non-hydrogen) atoms. The first-order valence-corrected chi connectivity index (χ1v) is 7.81. The lowest BCUT2D eigenvalue weighted by atomic mass is 10.4. The largest absolute Gasteiger partial charge is 0.355 e. The Labute approximate surface area is 131 Å². The summed E-state index contributed by atoms with van der Waals surface area (Å²) in [6.45, 7) is 0.941. The SMILES string of the molecule is O=C(CSc1ccc(F)cc1)NCCCn1ncccc1=O. The Kier molecular flexibility index (Phi) is 6.14. The van der Waals surface area contributed by atoms with Crippen molar-refractivity contribution in [2.45, 2.75) is 17.9 Å². The van der Waals surface area contributed by atoms with E-state index >= 15 is 0 Å². The van der Waals surface area contributed by atoms with Gasteiger partial charge < -0.3 is 5.32 Å². The smallest absolute Gasteiger partial charge is 0.266 e. The highest BCUT2D eigenvalue weighted by atomic mass is 32.2. The normalized spacial score (nSPS) is 10.4. The van der Waals surface area contributed by atoms with Gasteiger partial charge in [0.1, 0.15) is 5.82 Å². The first-order valence-electron chi connectivity index (χ1n) is 6.82. The van der Waals surface area contributed by atoms with Crippen molar-refractivity contribution in [3.05, 3.63) is 58.8 Å². The van der Waals surface area contributed by atoms with Crippen LogP contribution < -0.4 is 10.9 Å². The second-order valence-corrected chi connectivity index (χ2v) is 5.58. The number of hydrogen-bond acceptors (Lipinski definition) is 4. The topological polar surface area (TPSA) is 64.0 Å². The third-order valence-electron chi connectivity index (χ3n) is 2.84. The minimum atomic E-state index is -0.293. The number of carbonyl (C=O) groups is 1. The summed E-state index contributed by atoms with van der Waals surface area (Å²) in [7, 11) is 0. The van der Waals surface area contributed by atoms with Crippen molar-refractivity contribution in [3.63, 3.8) is 0 Å². The summed E-state index contributed by atoms with van der Waals surface area (Å²) in [6, 6.07) is 9.05. The minimum Gasteiger partial charge on any atom is -0.355 e. The zero-order valence-electron chi connectivity index (χ0n) is 11.9. The summed E-state index contributed by atoms with van der Waals surface area (Å²) < 4.78 is 14.1. The van der Waals surface area contributed by atoms with E-state index < -0.39 is 0 Å². The van der Waals surface area contributed by atoms with E-state index in [1.807, 2.05) is 0 Å². The highest BCUT2D eigenvalue weighted by molar-refractivity contribution is 8.00. The standard InChI is InChI=1S/C15H16FN3O2S/c16-12-4-6-13(7-5-12)22-11-14(20)17-8-2-10-19-15(21)3-1-9-18-19/h1,3-7,9H,2,8,10-11H2,(H,17,20). The Morgan fingerprint density at radius 1 is 1.27 bits per heavy atom. The molecule has 2 rings (SSSR count). The van der Waals surface area contributed by atoms with Crippen LogP contribution in [-0.4, -0.2) is 28.0 Å². The van der Waals surface area contributed by atoms with Gasteiger partial charge in [0.25, 0.3) is 5.56 Å². The Morgan fingerprint density at radius 2 is 2.05 bits per heavy atom. The maximum atomic E-state index is 12.7. The van der Waals surface area contributed by atoms with Crippen molar-refractivity contribution in [1.29, 1.82) is 0 Å². The first-order chi connectivity index (χ1) is 10.6. The van der Waals surface area contributed by atoms with Crippen LogP contribution in [0, 0.1) is 5.82 Å². The summed E-state index contributed by atoms with van der Waals surface area (Å²) in [4.78, 5) is 23.9. The molecule has 0 aliphatic rings. The molecule has 0 radical (unpaired) electrons. The van der Waals surface area contributed by atoms with Crippen LogP contribution in [0.15, 0.2) is 52.3 Å². The van der Waals surface area contributed by atoms with Crippen LogP contribution in [-0.2, 0) is 11.3 Å². The van der Waals surface area contributed by atoms with E-state index in [4.69, 9.17) is 0 Å². The molecule has 116 valence electrons. The van der Waals surface area contributed by atoms with E-state index in [9.17, 15) is 14.0 Å². The number of rotatable bonds is 7. The number of aromatic nitrogens is 2. The molecule has 1 aromatic carbocycles. The van der Waals surface area contributed by atoms with Gasteiger partial charge in [-0.2, -0.15) is 5.10 Å². The average molecular weight is 321 g/mol. The first kappa shape index (κ1) is 16.2. The summed E-state index contributed by atoms with van der Waals surface area (Å²) in [5.74, 6) is -0.115. The van der Waals surface area contributed by atoms with Gasteiger partial charge in [-0.25, -0.2) is 9.07 Å². The van der Waals surface area contributed by atoms with E-state index in [0.29, 0.717) is 19.5 Å². The maximum absolute atomic E-state index is 12.7. The Hall–Kier alpha value is -2.15. The zero-order chi connectivity index (χ0) is 15.8. The van der Waals surface area contributed by atoms with Gasteiger partial charge >= 0.3 is 0 Å². The van der Waals surface area contributed by atoms with Crippen LogP contribution in [0.4, 0.5) is 4.39 Å². The molecule has 2 aromatic rings. The van der Waals surface area contributed by atoms with Gasteiger partial charge in [-0.3, -0.25) is 9.59 Å². The monoisotopic (exact) mass is 321 g/mol. The fraction of sp³-hybridized carbons (Fsp3) is 0.267. The van der Waals surface area contributed by atoms with Gasteiger partial charge in [-0.1, -0.05) is 0 Å². The van der Waals surface area contributed by atoms with E-state index in [2.05, 4.69) is 10.4 Å². The molecule has 0 saturated carbocycles. The van der Waals surface area contributed by atoms with Crippen LogP contribution in [0.2, 0.25) is 0 Å². The van der Waals surface area contributed by atoms with Crippen LogP contribution in [0.3, 0.4) is 0 Å². The molecule has 1 N–H and O–H groups in total. The lowest BCUT2D eigenvalue weighted by Crippen LogP contribution is -2.28. The minimum absolute atomic E-state index is 0.0947. The second-order valence-electron chi connectivity index (χ2n) is 4.53. The number of carbonyl (C=O) groups excluding carboxylic acids is 1. The van der Waals surface area contributed by atoms with Crippen molar-refractivity contribution in [2.75, 3.05) is 12.3 Å². The molecule has 0 bridgehead atoms. The van der Waals surface area contributed by atoms with Crippen molar-refractivity contribution >= 4 is 17.7 Å². The van der Waals surface area contributed by atoms with E-state index in [-0.39, 0.29) is 23.0 Å². The quantitative estimate of drug-likeness (QED) is 0.622.